The number of carbonyl (C=O) groups is 1. The molecule has 0 aliphatic heterocycles. The van der Waals surface area contributed by atoms with Gasteiger partial charge in [0.2, 0.25) is 5.91 Å². The Morgan fingerprint density at radius 2 is 1.83 bits per heavy atom. The number of rotatable bonds is 8. The minimum atomic E-state index is -0.374. The Kier molecular flexibility index (Phi) is 11.0. The molecule has 0 fully saturated rings. The van der Waals surface area contributed by atoms with Crippen LogP contribution in [-0.4, -0.2) is 38.1 Å². The fraction of sp³-hybridized carbons (Fsp3) is 0.333. The number of anilines is 1. The summed E-state index contributed by atoms with van der Waals surface area (Å²) in [5.74, 6) is 0.431. The Labute approximate surface area is 188 Å². The highest BCUT2D eigenvalue weighted by Crippen LogP contribution is 2.16. The van der Waals surface area contributed by atoms with Crippen molar-refractivity contribution in [3.05, 3.63) is 59.9 Å². The van der Waals surface area contributed by atoms with Crippen molar-refractivity contribution < 1.29 is 13.9 Å². The number of benzene rings is 2. The predicted molar refractivity (Wildman–Crippen MR) is 126 cm³/mol. The van der Waals surface area contributed by atoms with Gasteiger partial charge in [-0.1, -0.05) is 24.3 Å². The number of amides is 1. The van der Waals surface area contributed by atoms with E-state index >= 15 is 0 Å². The monoisotopic (exact) mass is 514 g/mol. The molecule has 0 spiro atoms. The molecule has 0 saturated carbocycles. The van der Waals surface area contributed by atoms with E-state index in [9.17, 15) is 9.18 Å². The number of hydrogen-bond donors (Lipinski definition) is 3. The summed E-state index contributed by atoms with van der Waals surface area (Å²) in [7, 11) is 1.69. The van der Waals surface area contributed by atoms with Crippen LogP contribution in [0.15, 0.2) is 53.5 Å². The first-order valence-electron chi connectivity index (χ1n) is 9.20. The number of ether oxygens (including phenoxy) is 1. The lowest BCUT2D eigenvalue weighted by Crippen LogP contribution is -2.42. The maximum absolute atomic E-state index is 13.6. The molecular weight excluding hydrogens is 486 g/mol. The van der Waals surface area contributed by atoms with E-state index in [-0.39, 0.29) is 47.6 Å². The summed E-state index contributed by atoms with van der Waals surface area (Å²) in [5.41, 5.74) is 1.93. The molecule has 3 N–H and O–H groups in total. The number of hydrogen-bond acceptors (Lipinski definition) is 3. The number of aliphatic imine (C=N–C) groups is 1. The van der Waals surface area contributed by atoms with E-state index in [1.54, 1.807) is 25.2 Å². The van der Waals surface area contributed by atoms with Crippen LogP contribution in [0.2, 0.25) is 0 Å². The minimum absolute atomic E-state index is 0. The van der Waals surface area contributed by atoms with Gasteiger partial charge < -0.3 is 20.7 Å². The molecule has 1 unspecified atom stereocenters. The second-order valence-corrected chi connectivity index (χ2v) is 6.37. The van der Waals surface area contributed by atoms with Gasteiger partial charge in [-0.2, -0.15) is 0 Å². The van der Waals surface area contributed by atoms with Gasteiger partial charge >= 0.3 is 0 Å². The third-order valence-corrected chi connectivity index (χ3v) is 3.93. The molecule has 0 aliphatic carbocycles. The molecule has 0 saturated heterocycles. The average Bonchev–Trinajstić information content (AvgIpc) is 2.67. The first-order valence-corrected chi connectivity index (χ1v) is 9.20. The summed E-state index contributed by atoms with van der Waals surface area (Å²) >= 11 is 0. The molecule has 29 heavy (non-hydrogen) atoms. The van der Waals surface area contributed by atoms with Crippen LogP contribution in [0.1, 0.15) is 19.4 Å². The van der Waals surface area contributed by atoms with Crippen molar-refractivity contribution in [3.8, 4) is 5.75 Å². The van der Waals surface area contributed by atoms with Crippen molar-refractivity contribution in [3.63, 3.8) is 0 Å². The summed E-state index contributed by atoms with van der Waals surface area (Å²) in [6.07, 6.45) is 0.583. The van der Waals surface area contributed by atoms with Gasteiger partial charge in [-0.05, 0) is 43.2 Å². The first kappa shape index (κ1) is 24.7. The predicted octanol–water partition coefficient (Wildman–Crippen LogP) is 3.58. The highest BCUT2D eigenvalue weighted by molar-refractivity contribution is 14.0. The Balaban J connectivity index is 0.00000420. The van der Waals surface area contributed by atoms with E-state index in [4.69, 9.17) is 4.74 Å². The summed E-state index contributed by atoms with van der Waals surface area (Å²) in [4.78, 5) is 15.2. The molecule has 2 rings (SSSR count). The molecule has 0 radical (unpaired) electrons. The lowest BCUT2D eigenvalue weighted by Gasteiger charge is -2.18. The zero-order valence-corrected chi connectivity index (χ0v) is 19.2. The number of nitrogens with one attached hydrogen (secondary N) is 3. The SMILES string of the molecule is CN=C(NCCc1ccc(NC(C)=O)cc1)NCC(C)Oc1ccccc1F.I. The molecule has 0 aliphatic rings. The molecule has 158 valence electrons. The van der Waals surface area contributed by atoms with Crippen LogP contribution in [-0.2, 0) is 11.2 Å². The standard InChI is InChI=1S/C21H27FN4O2.HI/c1-15(28-20-7-5-4-6-19(20)22)14-25-21(23-3)24-13-12-17-8-10-18(11-9-17)26-16(2)27;/h4-11,15H,12-14H2,1-3H3,(H,26,27)(H2,23,24,25);1H. The van der Waals surface area contributed by atoms with Gasteiger partial charge in [0.1, 0.15) is 6.10 Å². The number of nitrogens with zero attached hydrogens (tertiary/aromatic N) is 1. The van der Waals surface area contributed by atoms with Crippen LogP contribution in [0.4, 0.5) is 10.1 Å². The van der Waals surface area contributed by atoms with Crippen molar-refractivity contribution in [2.45, 2.75) is 26.4 Å². The van der Waals surface area contributed by atoms with E-state index in [1.807, 2.05) is 31.2 Å². The first-order chi connectivity index (χ1) is 13.5. The quantitative estimate of drug-likeness (QED) is 0.286. The fourth-order valence-electron chi connectivity index (χ4n) is 2.54. The van der Waals surface area contributed by atoms with Gasteiger partial charge in [-0.15, -0.1) is 24.0 Å². The fourth-order valence-corrected chi connectivity index (χ4v) is 2.54. The number of carbonyl (C=O) groups excluding carboxylic acids is 1. The van der Waals surface area contributed by atoms with Gasteiger partial charge in [-0.25, -0.2) is 4.39 Å². The lowest BCUT2D eigenvalue weighted by molar-refractivity contribution is -0.114. The van der Waals surface area contributed by atoms with Crippen molar-refractivity contribution in [2.24, 2.45) is 4.99 Å². The largest absolute Gasteiger partial charge is 0.486 e. The van der Waals surface area contributed by atoms with Gasteiger partial charge in [0.25, 0.3) is 0 Å². The lowest BCUT2D eigenvalue weighted by atomic mass is 10.1. The van der Waals surface area contributed by atoms with Crippen LogP contribution in [0.3, 0.4) is 0 Å². The van der Waals surface area contributed by atoms with E-state index < -0.39 is 0 Å². The van der Waals surface area contributed by atoms with Crippen LogP contribution in [0, 0.1) is 5.82 Å². The topological polar surface area (TPSA) is 74.8 Å². The molecule has 1 amide bonds. The van der Waals surface area contributed by atoms with Gasteiger partial charge in [0.15, 0.2) is 17.5 Å². The van der Waals surface area contributed by atoms with Crippen LogP contribution >= 0.6 is 24.0 Å². The second kappa shape index (κ2) is 13.0. The van der Waals surface area contributed by atoms with E-state index in [0.29, 0.717) is 19.0 Å². The Hall–Kier alpha value is -2.36. The molecule has 0 aromatic heterocycles. The summed E-state index contributed by atoms with van der Waals surface area (Å²) in [5, 5.41) is 9.15. The number of guanidine groups is 1. The Morgan fingerprint density at radius 3 is 2.45 bits per heavy atom. The van der Waals surface area contributed by atoms with Gasteiger partial charge in [0.05, 0.1) is 6.54 Å². The molecule has 2 aromatic rings. The minimum Gasteiger partial charge on any atom is -0.486 e. The maximum Gasteiger partial charge on any atom is 0.221 e. The zero-order chi connectivity index (χ0) is 20.4. The van der Waals surface area contributed by atoms with Crippen molar-refractivity contribution in [1.29, 1.82) is 0 Å². The third kappa shape index (κ3) is 9.12. The van der Waals surface area contributed by atoms with Gasteiger partial charge in [0, 0.05) is 26.2 Å². The van der Waals surface area contributed by atoms with Crippen LogP contribution < -0.4 is 20.7 Å². The van der Waals surface area contributed by atoms with E-state index in [1.165, 1.54) is 13.0 Å². The van der Waals surface area contributed by atoms with Gasteiger partial charge in [-0.3, -0.25) is 9.79 Å². The molecule has 0 heterocycles. The highest BCUT2D eigenvalue weighted by Gasteiger charge is 2.08. The normalized spacial score (nSPS) is 11.8. The third-order valence-electron chi connectivity index (χ3n) is 3.93. The molecule has 0 bridgehead atoms. The maximum atomic E-state index is 13.6. The summed E-state index contributed by atoms with van der Waals surface area (Å²) < 4.78 is 19.2. The van der Waals surface area contributed by atoms with Crippen LogP contribution in [0.25, 0.3) is 0 Å². The van der Waals surface area contributed by atoms with Crippen molar-refractivity contribution in [2.75, 3.05) is 25.5 Å². The van der Waals surface area contributed by atoms with Crippen molar-refractivity contribution in [1.82, 2.24) is 10.6 Å². The summed E-state index contributed by atoms with van der Waals surface area (Å²) in [6, 6.07) is 14.1. The Bertz CT molecular complexity index is 800. The second-order valence-electron chi connectivity index (χ2n) is 6.37. The highest BCUT2D eigenvalue weighted by atomic mass is 127. The number of halogens is 2. The molecular formula is C21H28FIN4O2. The van der Waals surface area contributed by atoms with Crippen molar-refractivity contribution >= 4 is 41.5 Å². The number of para-hydroxylation sites is 1. The average molecular weight is 514 g/mol. The smallest absolute Gasteiger partial charge is 0.221 e. The Morgan fingerprint density at radius 1 is 1.14 bits per heavy atom. The zero-order valence-electron chi connectivity index (χ0n) is 16.9. The van der Waals surface area contributed by atoms with E-state index in [2.05, 4.69) is 20.9 Å². The molecule has 2 aromatic carbocycles. The summed E-state index contributed by atoms with van der Waals surface area (Å²) in [6.45, 7) is 4.53. The molecule has 8 heteroatoms. The van der Waals surface area contributed by atoms with Crippen LogP contribution in [0.5, 0.6) is 5.75 Å². The molecule has 1 atom stereocenters. The van der Waals surface area contributed by atoms with E-state index in [0.717, 1.165) is 17.7 Å². The molecule has 6 nitrogen and oxygen atoms in total.